The summed E-state index contributed by atoms with van der Waals surface area (Å²) in [6, 6.07) is 12.3. The number of nitrogens with zero attached hydrogens (tertiary/aromatic N) is 4. The molecule has 0 unspecified atom stereocenters. The zero-order chi connectivity index (χ0) is 18.8. The fourth-order valence-electron chi connectivity index (χ4n) is 3.34. The van der Waals surface area contributed by atoms with Crippen LogP contribution in [0.1, 0.15) is 22.4 Å². The summed E-state index contributed by atoms with van der Waals surface area (Å²) < 4.78 is 13.1. The van der Waals surface area contributed by atoms with Gasteiger partial charge in [-0.3, -0.25) is 4.98 Å². The molecule has 0 bridgehead atoms. The van der Waals surface area contributed by atoms with E-state index in [-0.39, 0.29) is 5.82 Å². The molecule has 27 heavy (non-hydrogen) atoms. The van der Waals surface area contributed by atoms with Gasteiger partial charge in [0.25, 0.3) is 0 Å². The van der Waals surface area contributed by atoms with E-state index in [0.29, 0.717) is 12.1 Å². The van der Waals surface area contributed by atoms with Crippen LogP contribution in [0.25, 0.3) is 0 Å². The number of hydrogen-bond acceptors (Lipinski definition) is 5. The molecule has 0 radical (unpaired) electrons. The van der Waals surface area contributed by atoms with Gasteiger partial charge in [0.15, 0.2) is 0 Å². The minimum Gasteiger partial charge on any atom is -0.354 e. The van der Waals surface area contributed by atoms with Crippen LogP contribution in [0.2, 0.25) is 0 Å². The average molecular weight is 359 g/mol. The molecule has 1 aliphatic rings. The summed E-state index contributed by atoms with van der Waals surface area (Å²) >= 11 is 0. The van der Waals surface area contributed by atoms with Crippen LogP contribution < -0.4 is 10.2 Å². The van der Waals surface area contributed by atoms with Gasteiger partial charge < -0.3 is 10.2 Å². The molecular formula is C21H18FN5. The first-order valence-corrected chi connectivity index (χ1v) is 8.74. The Morgan fingerprint density at radius 1 is 1.11 bits per heavy atom. The number of nitrogens with one attached hydrogen (secondary N) is 1. The molecule has 6 heteroatoms. The number of anilines is 3. The van der Waals surface area contributed by atoms with E-state index < -0.39 is 0 Å². The van der Waals surface area contributed by atoms with Crippen molar-refractivity contribution in [1.82, 2.24) is 9.97 Å². The number of benzene rings is 1. The number of aryl methyl sites for hydroxylation is 1. The van der Waals surface area contributed by atoms with Gasteiger partial charge in [0.05, 0.1) is 17.4 Å². The van der Waals surface area contributed by atoms with Gasteiger partial charge in [-0.15, -0.1) is 0 Å². The van der Waals surface area contributed by atoms with E-state index in [1.54, 1.807) is 18.3 Å². The van der Waals surface area contributed by atoms with Crippen molar-refractivity contribution in [3.05, 3.63) is 77.0 Å². The molecule has 0 fully saturated rings. The molecule has 0 saturated carbocycles. The molecule has 0 saturated heterocycles. The van der Waals surface area contributed by atoms with Crippen molar-refractivity contribution >= 4 is 17.2 Å². The lowest BCUT2D eigenvalue weighted by atomic mass is 10.0. The second-order valence-corrected chi connectivity index (χ2v) is 6.61. The summed E-state index contributed by atoms with van der Waals surface area (Å²) in [5.74, 6) is 0.640. The van der Waals surface area contributed by atoms with Gasteiger partial charge in [-0.05, 0) is 54.4 Å². The topological polar surface area (TPSA) is 64.8 Å². The number of halogens is 1. The van der Waals surface area contributed by atoms with Gasteiger partial charge in [-0.2, -0.15) is 5.26 Å². The highest BCUT2D eigenvalue weighted by Gasteiger charge is 2.20. The second kappa shape index (κ2) is 7.04. The minimum absolute atomic E-state index is 0.259. The van der Waals surface area contributed by atoms with Crippen molar-refractivity contribution in [2.24, 2.45) is 0 Å². The number of aromatic nitrogens is 2. The first kappa shape index (κ1) is 17.0. The predicted octanol–water partition coefficient (Wildman–Crippen LogP) is 4.10. The molecule has 1 aromatic carbocycles. The SMILES string of the molecule is Cc1cc(C#N)cnc1N1CCc2ncc(Nc3ccc(F)cc3)cc2C1. The summed E-state index contributed by atoms with van der Waals surface area (Å²) in [5.41, 5.74) is 5.47. The quantitative estimate of drug-likeness (QED) is 0.763. The van der Waals surface area contributed by atoms with E-state index in [9.17, 15) is 4.39 Å². The third kappa shape index (κ3) is 3.58. The van der Waals surface area contributed by atoms with Gasteiger partial charge in [0.1, 0.15) is 17.7 Å². The van der Waals surface area contributed by atoms with Crippen molar-refractivity contribution in [3.63, 3.8) is 0 Å². The molecule has 1 N–H and O–H groups in total. The van der Waals surface area contributed by atoms with E-state index in [0.717, 1.165) is 47.0 Å². The highest BCUT2D eigenvalue weighted by Crippen LogP contribution is 2.27. The Hall–Kier alpha value is -3.46. The van der Waals surface area contributed by atoms with E-state index in [1.165, 1.54) is 12.1 Å². The summed E-state index contributed by atoms with van der Waals surface area (Å²) in [7, 11) is 0. The molecule has 0 spiro atoms. The largest absolute Gasteiger partial charge is 0.354 e. The predicted molar refractivity (Wildman–Crippen MR) is 102 cm³/mol. The van der Waals surface area contributed by atoms with E-state index in [4.69, 9.17) is 5.26 Å². The Labute approximate surface area is 157 Å². The zero-order valence-electron chi connectivity index (χ0n) is 14.9. The van der Waals surface area contributed by atoms with Crippen LogP contribution in [0, 0.1) is 24.1 Å². The van der Waals surface area contributed by atoms with Gasteiger partial charge >= 0.3 is 0 Å². The van der Waals surface area contributed by atoms with Crippen LogP contribution in [0.4, 0.5) is 21.6 Å². The molecule has 134 valence electrons. The van der Waals surface area contributed by atoms with Gasteiger partial charge in [-0.1, -0.05) is 0 Å². The number of pyridine rings is 2. The lowest BCUT2D eigenvalue weighted by Crippen LogP contribution is -2.32. The molecule has 1 aliphatic heterocycles. The van der Waals surface area contributed by atoms with Crippen molar-refractivity contribution < 1.29 is 4.39 Å². The number of rotatable bonds is 3. The van der Waals surface area contributed by atoms with Crippen molar-refractivity contribution in [2.45, 2.75) is 19.9 Å². The van der Waals surface area contributed by atoms with Crippen LogP contribution in [0.5, 0.6) is 0 Å². The molecule has 0 aliphatic carbocycles. The lowest BCUT2D eigenvalue weighted by Gasteiger charge is -2.30. The highest BCUT2D eigenvalue weighted by atomic mass is 19.1. The Balaban J connectivity index is 1.56. The first-order valence-electron chi connectivity index (χ1n) is 8.74. The standard InChI is InChI=1S/C21H18FN5/c1-14-8-15(10-23)11-25-21(14)27-7-6-20-16(13-27)9-19(12-24-20)26-18-4-2-17(22)3-5-18/h2-5,8-9,11-12,26H,6-7,13H2,1H3. The highest BCUT2D eigenvalue weighted by molar-refractivity contribution is 5.60. The van der Waals surface area contributed by atoms with E-state index in [2.05, 4.69) is 32.3 Å². The van der Waals surface area contributed by atoms with Gasteiger partial charge in [-0.25, -0.2) is 9.37 Å². The van der Waals surface area contributed by atoms with E-state index >= 15 is 0 Å². The Bertz CT molecular complexity index is 1020. The number of fused-ring (bicyclic) bond motifs is 1. The first-order chi connectivity index (χ1) is 13.1. The maximum absolute atomic E-state index is 13.1. The Morgan fingerprint density at radius 3 is 2.67 bits per heavy atom. The van der Waals surface area contributed by atoms with Crippen LogP contribution in [-0.4, -0.2) is 16.5 Å². The molecular weight excluding hydrogens is 341 g/mol. The average Bonchev–Trinajstić information content (AvgIpc) is 2.69. The monoisotopic (exact) mass is 359 g/mol. The fourth-order valence-corrected chi connectivity index (χ4v) is 3.34. The Morgan fingerprint density at radius 2 is 1.93 bits per heavy atom. The Kier molecular flexibility index (Phi) is 4.43. The summed E-state index contributed by atoms with van der Waals surface area (Å²) in [6.07, 6.45) is 4.26. The van der Waals surface area contributed by atoms with Crippen LogP contribution in [-0.2, 0) is 13.0 Å². The van der Waals surface area contributed by atoms with Crippen LogP contribution in [0.15, 0.2) is 48.8 Å². The molecule has 4 rings (SSSR count). The summed E-state index contributed by atoms with van der Waals surface area (Å²) in [5, 5.41) is 12.3. The van der Waals surface area contributed by atoms with Crippen molar-refractivity contribution in [3.8, 4) is 6.07 Å². The third-order valence-corrected chi connectivity index (χ3v) is 4.65. The lowest BCUT2D eigenvalue weighted by molar-refractivity contribution is 0.628. The molecule has 0 atom stereocenters. The van der Waals surface area contributed by atoms with Crippen LogP contribution >= 0.6 is 0 Å². The van der Waals surface area contributed by atoms with Crippen molar-refractivity contribution in [2.75, 3.05) is 16.8 Å². The number of hydrogen-bond donors (Lipinski definition) is 1. The molecule has 0 amide bonds. The van der Waals surface area contributed by atoms with Crippen LogP contribution in [0.3, 0.4) is 0 Å². The van der Waals surface area contributed by atoms with E-state index in [1.807, 2.05) is 19.2 Å². The minimum atomic E-state index is -0.259. The maximum Gasteiger partial charge on any atom is 0.131 e. The molecule has 2 aromatic heterocycles. The zero-order valence-corrected chi connectivity index (χ0v) is 14.9. The second-order valence-electron chi connectivity index (χ2n) is 6.61. The normalized spacial score (nSPS) is 13.0. The van der Waals surface area contributed by atoms with Crippen molar-refractivity contribution in [1.29, 1.82) is 5.26 Å². The summed E-state index contributed by atoms with van der Waals surface area (Å²) in [4.78, 5) is 11.3. The van der Waals surface area contributed by atoms with Gasteiger partial charge in [0.2, 0.25) is 0 Å². The third-order valence-electron chi connectivity index (χ3n) is 4.65. The number of nitriles is 1. The molecule has 3 aromatic rings. The molecule has 5 nitrogen and oxygen atoms in total. The summed E-state index contributed by atoms with van der Waals surface area (Å²) in [6.45, 7) is 3.52. The maximum atomic E-state index is 13.1. The van der Waals surface area contributed by atoms with Gasteiger partial charge in [0, 0.05) is 37.1 Å². The molecule has 3 heterocycles. The smallest absolute Gasteiger partial charge is 0.131 e. The fraction of sp³-hybridized carbons (Fsp3) is 0.190.